The minimum atomic E-state index is -0.995. The standard InChI is InChI=1S/C38H42N12O6/c1-45-13-14-49(38(45)56)25-3-2-11-47(18-25)37-42-33(31(32(39)52)43-44-37)40-23-5-4-22-17-46(12-10-21(22)15-23)26-19-48(20-26)24-6-7-27-28(16-24)36(55)50(35(27)54)29-8-9-30(51)41-34(29)53/h4-7,15-16,25-26,29H,2-3,8-14,17-20H2,1H3,(H2,39,52)(H,40,42,44)(H,41,51,53). The Hall–Kier alpha value is -6.17. The van der Waals surface area contributed by atoms with E-state index >= 15 is 0 Å². The molecule has 18 heteroatoms. The van der Waals surface area contributed by atoms with Gasteiger partial charge >= 0.3 is 6.03 Å². The molecule has 0 bridgehead atoms. The van der Waals surface area contributed by atoms with Crippen LogP contribution in [0.1, 0.15) is 68.0 Å². The number of rotatable bonds is 8. The monoisotopic (exact) mass is 762 g/mol. The summed E-state index contributed by atoms with van der Waals surface area (Å²) in [6, 6.07) is 10.7. The van der Waals surface area contributed by atoms with Gasteiger partial charge in [-0.05, 0) is 67.1 Å². The SMILES string of the molecule is CN1CCN(C2CCCN(c3nnc(C(N)=O)c(Nc4ccc5c(c4)CCN(C4CN(c6ccc7c(c6)C(=O)N(C6CCC(=O)NC6=O)C7=O)C4)C5)n3)C2)C1=O. The first-order chi connectivity index (χ1) is 27.0. The van der Waals surface area contributed by atoms with Gasteiger partial charge in [0.15, 0.2) is 11.5 Å². The molecule has 2 atom stereocenters. The second-order valence-corrected chi connectivity index (χ2v) is 15.4. The van der Waals surface area contributed by atoms with E-state index in [9.17, 15) is 28.8 Å². The second-order valence-electron chi connectivity index (χ2n) is 15.4. The van der Waals surface area contributed by atoms with Crippen LogP contribution in [0.2, 0.25) is 0 Å². The predicted octanol–water partition coefficient (Wildman–Crippen LogP) is 0.698. The van der Waals surface area contributed by atoms with Crippen molar-refractivity contribution in [3.05, 3.63) is 64.3 Å². The van der Waals surface area contributed by atoms with Crippen LogP contribution in [0.3, 0.4) is 0 Å². The fourth-order valence-corrected chi connectivity index (χ4v) is 8.76. The van der Waals surface area contributed by atoms with Gasteiger partial charge < -0.3 is 30.7 Å². The number of likely N-dealkylation sites (N-methyl/N-ethyl adjacent to an activating group) is 1. The molecular weight excluding hydrogens is 720 g/mol. The predicted molar refractivity (Wildman–Crippen MR) is 201 cm³/mol. The molecular formula is C38H42N12O6. The molecule has 3 aromatic rings. The topological polar surface area (TPSA) is 211 Å². The van der Waals surface area contributed by atoms with Crippen molar-refractivity contribution < 1.29 is 28.8 Å². The van der Waals surface area contributed by atoms with E-state index in [4.69, 9.17) is 10.7 Å². The Labute approximate surface area is 321 Å². The van der Waals surface area contributed by atoms with E-state index in [1.165, 1.54) is 11.1 Å². The number of benzene rings is 2. The maximum absolute atomic E-state index is 13.3. The van der Waals surface area contributed by atoms with Gasteiger partial charge in [-0.15, -0.1) is 10.2 Å². The number of piperidine rings is 2. The van der Waals surface area contributed by atoms with Crippen LogP contribution in [0.4, 0.5) is 27.9 Å². The first-order valence-corrected chi connectivity index (χ1v) is 19.1. The molecule has 56 heavy (non-hydrogen) atoms. The van der Waals surface area contributed by atoms with Gasteiger partial charge in [-0.2, -0.15) is 4.98 Å². The third-order valence-electron chi connectivity index (χ3n) is 12.0. The average Bonchev–Trinajstić information content (AvgIpc) is 3.63. The number of primary amides is 1. The number of carbonyl (C=O) groups excluding carboxylic acids is 6. The number of aromatic nitrogens is 3. The van der Waals surface area contributed by atoms with Crippen molar-refractivity contribution in [2.45, 2.75) is 56.8 Å². The maximum Gasteiger partial charge on any atom is 0.320 e. The van der Waals surface area contributed by atoms with E-state index in [2.05, 4.69) is 42.8 Å². The molecule has 0 saturated carbocycles. The normalized spacial score (nSPS) is 23.0. The fourth-order valence-electron chi connectivity index (χ4n) is 8.76. The molecule has 4 fully saturated rings. The molecule has 0 aliphatic carbocycles. The lowest BCUT2D eigenvalue weighted by Crippen LogP contribution is -2.60. The number of urea groups is 1. The van der Waals surface area contributed by atoms with Gasteiger partial charge in [0.25, 0.3) is 17.7 Å². The zero-order chi connectivity index (χ0) is 38.8. The minimum absolute atomic E-state index is 0.0312. The van der Waals surface area contributed by atoms with Crippen molar-refractivity contribution in [1.82, 2.24) is 40.1 Å². The molecule has 7 amide bonds. The highest BCUT2D eigenvalue weighted by Gasteiger charge is 2.45. The minimum Gasteiger partial charge on any atom is -0.368 e. The maximum atomic E-state index is 13.3. The van der Waals surface area contributed by atoms with Crippen LogP contribution < -0.4 is 26.2 Å². The van der Waals surface area contributed by atoms with Crippen LogP contribution in [-0.4, -0.2) is 141 Å². The van der Waals surface area contributed by atoms with Crippen LogP contribution in [0.5, 0.6) is 0 Å². The second kappa shape index (κ2) is 13.8. The Bertz CT molecular complexity index is 2190. The molecule has 0 spiro atoms. The fraction of sp³-hybridized carbons (Fsp3) is 0.447. The highest BCUT2D eigenvalue weighted by atomic mass is 16.2. The quantitative estimate of drug-likeness (QED) is 0.270. The van der Waals surface area contributed by atoms with E-state index in [0.29, 0.717) is 38.2 Å². The van der Waals surface area contributed by atoms with E-state index in [-0.39, 0.29) is 47.6 Å². The summed E-state index contributed by atoms with van der Waals surface area (Å²) in [6.45, 7) is 5.81. The molecule has 4 saturated heterocycles. The van der Waals surface area contributed by atoms with Crippen molar-refractivity contribution in [2.75, 3.05) is 68.0 Å². The number of anilines is 4. The molecule has 290 valence electrons. The Morgan fingerprint density at radius 2 is 1.64 bits per heavy atom. The average molecular weight is 763 g/mol. The van der Waals surface area contributed by atoms with Gasteiger partial charge in [0.2, 0.25) is 17.8 Å². The van der Waals surface area contributed by atoms with Gasteiger partial charge in [-0.25, -0.2) is 4.79 Å². The Morgan fingerprint density at radius 3 is 2.41 bits per heavy atom. The van der Waals surface area contributed by atoms with Crippen LogP contribution in [0.25, 0.3) is 0 Å². The molecule has 9 rings (SSSR count). The van der Waals surface area contributed by atoms with Crippen molar-refractivity contribution in [1.29, 1.82) is 0 Å². The Kier molecular flexibility index (Phi) is 8.78. The number of nitrogens with two attached hydrogens (primary N) is 1. The molecule has 2 unspecified atom stereocenters. The largest absolute Gasteiger partial charge is 0.368 e. The summed E-state index contributed by atoms with van der Waals surface area (Å²) < 4.78 is 0. The number of hydrogen-bond donors (Lipinski definition) is 3. The molecule has 2 aromatic carbocycles. The van der Waals surface area contributed by atoms with Crippen LogP contribution >= 0.6 is 0 Å². The number of carbonyl (C=O) groups is 6. The molecule has 7 heterocycles. The third kappa shape index (κ3) is 6.22. The summed E-state index contributed by atoms with van der Waals surface area (Å²) in [4.78, 5) is 91.5. The van der Waals surface area contributed by atoms with Gasteiger partial charge in [-0.1, -0.05) is 6.07 Å². The molecule has 1 aromatic heterocycles. The summed E-state index contributed by atoms with van der Waals surface area (Å²) in [5.41, 5.74) is 10.2. The third-order valence-corrected chi connectivity index (χ3v) is 12.0. The number of nitrogens with one attached hydrogen (secondary N) is 2. The van der Waals surface area contributed by atoms with E-state index in [0.717, 1.165) is 61.7 Å². The molecule has 0 radical (unpaired) electrons. The van der Waals surface area contributed by atoms with Gasteiger partial charge in [0, 0.05) is 83.2 Å². The van der Waals surface area contributed by atoms with Crippen molar-refractivity contribution in [3.63, 3.8) is 0 Å². The van der Waals surface area contributed by atoms with Crippen molar-refractivity contribution in [2.24, 2.45) is 5.73 Å². The van der Waals surface area contributed by atoms with Gasteiger partial charge in [0.1, 0.15) is 6.04 Å². The van der Waals surface area contributed by atoms with E-state index < -0.39 is 35.6 Å². The van der Waals surface area contributed by atoms with Crippen molar-refractivity contribution >= 4 is 58.7 Å². The highest BCUT2D eigenvalue weighted by Crippen LogP contribution is 2.34. The highest BCUT2D eigenvalue weighted by molar-refractivity contribution is 6.23. The van der Waals surface area contributed by atoms with Crippen LogP contribution in [-0.2, 0) is 22.6 Å². The zero-order valence-electron chi connectivity index (χ0n) is 30.9. The van der Waals surface area contributed by atoms with Crippen LogP contribution in [0.15, 0.2) is 36.4 Å². The zero-order valence-corrected chi connectivity index (χ0v) is 30.9. The number of nitrogens with zero attached hydrogens (tertiary/aromatic N) is 9. The lowest BCUT2D eigenvalue weighted by molar-refractivity contribution is -0.136. The first-order valence-electron chi connectivity index (χ1n) is 19.1. The summed E-state index contributed by atoms with van der Waals surface area (Å²) >= 11 is 0. The van der Waals surface area contributed by atoms with E-state index in [1.807, 2.05) is 29.0 Å². The van der Waals surface area contributed by atoms with Crippen molar-refractivity contribution in [3.8, 4) is 0 Å². The number of fused-ring (bicyclic) bond motifs is 2. The smallest absolute Gasteiger partial charge is 0.320 e. The van der Waals surface area contributed by atoms with Gasteiger partial charge in [0.05, 0.1) is 17.2 Å². The summed E-state index contributed by atoms with van der Waals surface area (Å²) in [7, 11) is 1.81. The summed E-state index contributed by atoms with van der Waals surface area (Å²) in [5, 5.41) is 13.9. The van der Waals surface area contributed by atoms with E-state index in [1.54, 1.807) is 17.0 Å². The van der Waals surface area contributed by atoms with Crippen LogP contribution in [0, 0.1) is 0 Å². The number of amides is 7. The number of hydrogen-bond acceptors (Lipinski definition) is 13. The lowest BCUT2D eigenvalue weighted by Gasteiger charge is -2.48. The summed E-state index contributed by atoms with van der Waals surface area (Å²) in [6.07, 6.45) is 2.78. The molecule has 6 aliphatic rings. The molecule has 4 N–H and O–H groups in total. The molecule has 6 aliphatic heterocycles. The lowest BCUT2D eigenvalue weighted by atomic mass is 9.95. The Balaban J connectivity index is 0.833. The first kappa shape index (κ1) is 35.5. The summed E-state index contributed by atoms with van der Waals surface area (Å²) in [5.74, 6) is -2.19. The molecule has 18 nitrogen and oxygen atoms in total. The Morgan fingerprint density at radius 1 is 0.839 bits per heavy atom. The number of imide groups is 2. The van der Waals surface area contributed by atoms with Gasteiger partial charge in [-0.3, -0.25) is 39.1 Å².